The van der Waals surface area contributed by atoms with E-state index in [2.05, 4.69) is 11.8 Å². The Bertz CT molecular complexity index is 341. The van der Waals surface area contributed by atoms with Gasteiger partial charge < -0.3 is 4.90 Å². The van der Waals surface area contributed by atoms with Crippen LogP contribution in [0.3, 0.4) is 0 Å². The average molecular weight is 394 g/mol. The molecular formula is C26H51NO. The Kier molecular flexibility index (Phi) is 18.0. The van der Waals surface area contributed by atoms with Crippen LogP contribution < -0.4 is 0 Å². The molecule has 0 aromatic heterocycles. The van der Waals surface area contributed by atoms with Gasteiger partial charge in [-0.05, 0) is 12.8 Å². The molecule has 1 amide bonds. The number of hydrogen-bond acceptors (Lipinski definition) is 1. The SMILES string of the molecule is CCCCCCCCCCCCCCCCCCCCCCN1CCCC1=O. The summed E-state index contributed by atoms with van der Waals surface area (Å²) < 4.78 is 0. The van der Waals surface area contributed by atoms with Crippen molar-refractivity contribution >= 4 is 5.91 Å². The third-order valence-corrected chi connectivity index (χ3v) is 6.45. The van der Waals surface area contributed by atoms with Crippen molar-refractivity contribution in [3.63, 3.8) is 0 Å². The third-order valence-electron chi connectivity index (χ3n) is 6.45. The summed E-state index contributed by atoms with van der Waals surface area (Å²) >= 11 is 0. The van der Waals surface area contributed by atoms with Gasteiger partial charge in [0, 0.05) is 19.5 Å². The minimum absolute atomic E-state index is 0.387. The highest BCUT2D eigenvalue weighted by molar-refractivity contribution is 5.77. The van der Waals surface area contributed by atoms with Crippen molar-refractivity contribution in [2.24, 2.45) is 0 Å². The van der Waals surface area contributed by atoms with Crippen molar-refractivity contribution < 1.29 is 4.79 Å². The van der Waals surface area contributed by atoms with Crippen LogP contribution in [-0.4, -0.2) is 23.9 Å². The third kappa shape index (κ3) is 15.4. The van der Waals surface area contributed by atoms with Gasteiger partial charge in [-0.15, -0.1) is 0 Å². The molecule has 1 aliphatic rings. The van der Waals surface area contributed by atoms with Gasteiger partial charge in [0.25, 0.3) is 0 Å². The lowest BCUT2D eigenvalue weighted by atomic mass is 10.0. The normalized spacial score (nSPS) is 14.3. The molecule has 1 aliphatic heterocycles. The van der Waals surface area contributed by atoms with E-state index in [1.54, 1.807) is 0 Å². The molecule has 1 rings (SSSR count). The number of unbranched alkanes of at least 4 members (excludes halogenated alkanes) is 19. The van der Waals surface area contributed by atoms with Crippen molar-refractivity contribution in [1.82, 2.24) is 4.90 Å². The van der Waals surface area contributed by atoms with Crippen LogP contribution in [0.5, 0.6) is 0 Å². The van der Waals surface area contributed by atoms with E-state index in [9.17, 15) is 4.79 Å². The lowest BCUT2D eigenvalue weighted by Gasteiger charge is -2.14. The van der Waals surface area contributed by atoms with Gasteiger partial charge in [-0.2, -0.15) is 0 Å². The minimum atomic E-state index is 0.387. The molecule has 0 bridgehead atoms. The Balaban J connectivity index is 1.65. The molecular weight excluding hydrogens is 342 g/mol. The van der Waals surface area contributed by atoms with Crippen molar-refractivity contribution in [1.29, 1.82) is 0 Å². The van der Waals surface area contributed by atoms with Gasteiger partial charge >= 0.3 is 0 Å². The molecule has 0 unspecified atom stereocenters. The highest BCUT2D eigenvalue weighted by atomic mass is 16.2. The zero-order valence-corrected chi connectivity index (χ0v) is 19.3. The number of amides is 1. The van der Waals surface area contributed by atoms with Gasteiger partial charge in [-0.25, -0.2) is 0 Å². The van der Waals surface area contributed by atoms with Crippen LogP contribution >= 0.6 is 0 Å². The van der Waals surface area contributed by atoms with E-state index in [0.717, 1.165) is 25.9 Å². The second-order valence-corrected chi connectivity index (χ2v) is 9.20. The molecule has 1 saturated heterocycles. The van der Waals surface area contributed by atoms with Crippen LogP contribution in [0.15, 0.2) is 0 Å². The van der Waals surface area contributed by atoms with E-state index >= 15 is 0 Å². The number of carbonyl (C=O) groups is 1. The number of hydrogen-bond donors (Lipinski definition) is 0. The van der Waals surface area contributed by atoms with Gasteiger partial charge in [0.15, 0.2) is 0 Å². The number of rotatable bonds is 21. The van der Waals surface area contributed by atoms with Crippen molar-refractivity contribution in [3.8, 4) is 0 Å². The summed E-state index contributed by atoms with van der Waals surface area (Å²) in [6.45, 7) is 4.32. The molecule has 0 aromatic rings. The van der Waals surface area contributed by atoms with Gasteiger partial charge in [-0.1, -0.05) is 129 Å². The van der Waals surface area contributed by atoms with Gasteiger partial charge in [-0.3, -0.25) is 4.79 Å². The van der Waals surface area contributed by atoms with Crippen LogP contribution in [0, 0.1) is 0 Å². The molecule has 0 aromatic carbocycles. The molecule has 0 atom stereocenters. The number of carbonyl (C=O) groups excluding carboxylic acids is 1. The van der Waals surface area contributed by atoms with E-state index < -0.39 is 0 Å². The molecule has 2 nitrogen and oxygen atoms in total. The zero-order chi connectivity index (χ0) is 20.1. The van der Waals surface area contributed by atoms with E-state index in [4.69, 9.17) is 0 Å². The highest BCUT2D eigenvalue weighted by Crippen LogP contribution is 2.15. The molecule has 1 fully saturated rings. The lowest BCUT2D eigenvalue weighted by molar-refractivity contribution is -0.127. The molecule has 0 spiro atoms. The maximum atomic E-state index is 11.5. The predicted octanol–water partition coefficient (Wildman–Crippen LogP) is 8.43. The Morgan fingerprint density at radius 3 is 1.25 bits per heavy atom. The second-order valence-electron chi connectivity index (χ2n) is 9.20. The molecule has 0 aliphatic carbocycles. The minimum Gasteiger partial charge on any atom is -0.343 e. The summed E-state index contributed by atoms with van der Waals surface area (Å²) in [4.78, 5) is 13.6. The quantitative estimate of drug-likeness (QED) is 0.179. The van der Waals surface area contributed by atoms with Gasteiger partial charge in [0.05, 0.1) is 0 Å². The standard InChI is InChI=1S/C26H51NO/c1-2-3-4-5-6-7-8-9-10-11-12-13-14-15-16-17-18-19-20-21-24-27-25-22-23-26(27)28/h2-25H2,1H3. The van der Waals surface area contributed by atoms with E-state index in [0.29, 0.717) is 5.91 Å². The van der Waals surface area contributed by atoms with E-state index in [1.807, 2.05) is 0 Å². The maximum absolute atomic E-state index is 11.5. The highest BCUT2D eigenvalue weighted by Gasteiger charge is 2.18. The summed E-state index contributed by atoms with van der Waals surface area (Å²) in [5.41, 5.74) is 0. The fourth-order valence-corrected chi connectivity index (χ4v) is 4.50. The van der Waals surface area contributed by atoms with Crippen molar-refractivity contribution in [2.75, 3.05) is 13.1 Å². The first-order chi connectivity index (χ1) is 13.8. The molecule has 0 N–H and O–H groups in total. The van der Waals surface area contributed by atoms with E-state index in [-0.39, 0.29) is 0 Å². The fourth-order valence-electron chi connectivity index (χ4n) is 4.50. The molecule has 0 saturated carbocycles. The smallest absolute Gasteiger partial charge is 0.222 e. The summed E-state index contributed by atoms with van der Waals surface area (Å²) in [6.07, 6.45) is 30.4. The first-order valence-corrected chi connectivity index (χ1v) is 13.1. The summed E-state index contributed by atoms with van der Waals surface area (Å²) in [6, 6.07) is 0. The summed E-state index contributed by atoms with van der Waals surface area (Å²) in [7, 11) is 0. The molecule has 28 heavy (non-hydrogen) atoms. The largest absolute Gasteiger partial charge is 0.343 e. The summed E-state index contributed by atoms with van der Waals surface area (Å²) in [5.74, 6) is 0.387. The Labute approximate surface area is 177 Å². The van der Waals surface area contributed by atoms with Crippen LogP contribution in [0.25, 0.3) is 0 Å². The molecule has 2 heteroatoms. The Hall–Kier alpha value is -0.530. The maximum Gasteiger partial charge on any atom is 0.222 e. The zero-order valence-electron chi connectivity index (χ0n) is 19.3. The van der Waals surface area contributed by atoms with Crippen LogP contribution in [0.1, 0.15) is 148 Å². The van der Waals surface area contributed by atoms with Gasteiger partial charge in [0.2, 0.25) is 5.91 Å². The van der Waals surface area contributed by atoms with Crippen molar-refractivity contribution in [3.05, 3.63) is 0 Å². The first kappa shape index (κ1) is 25.5. The number of likely N-dealkylation sites (tertiary alicyclic amines) is 1. The first-order valence-electron chi connectivity index (χ1n) is 13.1. The monoisotopic (exact) mass is 393 g/mol. The van der Waals surface area contributed by atoms with Crippen LogP contribution in [0.2, 0.25) is 0 Å². The Morgan fingerprint density at radius 1 is 0.571 bits per heavy atom. The van der Waals surface area contributed by atoms with Gasteiger partial charge in [0.1, 0.15) is 0 Å². The van der Waals surface area contributed by atoms with Crippen LogP contribution in [0.4, 0.5) is 0 Å². The Morgan fingerprint density at radius 2 is 0.929 bits per heavy atom. The molecule has 0 radical (unpaired) electrons. The summed E-state index contributed by atoms with van der Waals surface area (Å²) in [5, 5.41) is 0. The molecule has 1 heterocycles. The second kappa shape index (κ2) is 19.8. The van der Waals surface area contributed by atoms with Crippen LogP contribution in [-0.2, 0) is 4.79 Å². The predicted molar refractivity (Wildman–Crippen MR) is 124 cm³/mol. The fraction of sp³-hybridized carbons (Fsp3) is 0.962. The molecule has 166 valence electrons. The topological polar surface area (TPSA) is 20.3 Å². The van der Waals surface area contributed by atoms with Crippen molar-refractivity contribution in [2.45, 2.75) is 148 Å². The number of nitrogens with zero attached hydrogens (tertiary/aromatic N) is 1. The average Bonchev–Trinajstić information content (AvgIpc) is 3.11. The van der Waals surface area contributed by atoms with E-state index in [1.165, 1.54) is 128 Å². The lowest BCUT2D eigenvalue weighted by Crippen LogP contribution is -2.25.